The highest BCUT2D eigenvalue weighted by atomic mass is 35.5. The Morgan fingerprint density at radius 3 is 2.21 bits per heavy atom. The van der Waals surface area contributed by atoms with Crippen LogP contribution in [0.2, 0.25) is 10.0 Å². The van der Waals surface area contributed by atoms with Crippen LogP contribution in [0.5, 0.6) is 0 Å². The van der Waals surface area contributed by atoms with Crippen molar-refractivity contribution >= 4 is 52.5 Å². The van der Waals surface area contributed by atoms with E-state index in [1.165, 1.54) is 30.3 Å². The van der Waals surface area contributed by atoms with Gasteiger partial charge in [0, 0.05) is 5.02 Å². The number of benzene rings is 2. The largest absolute Gasteiger partial charge is 0.288 e. The molecule has 2 aliphatic rings. The number of carbonyl (C=O) groups excluding carboxylic acids is 4. The SMILES string of the molecule is O=C1NC(=O)c2c1ccc(Cl)c2N1C(=O)c2ccc(Cl)cc2C1=O. The maximum Gasteiger partial charge on any atom is 0.266 e. The van der Waals surface area contributed by atoms with Crippen LogP contribution in [0.4, 0.5) is 5.69 Å². The summed E-state index contributed by atoms with van der Waals surface area (Å²) in [7, 11) is 0. The molecule has 1 N–H and O–H groups in total. The van der Waals surface area contributed by atoms with Crippen LogP contribution in [0, 0.1) is 0 Å². The van der Waals surface area contributed by atoms with E-state index in [-0.39, 0.29) is 33.0 Å². The van der Waals surface area contributed by atoms with Crippen molar-refractivity contribution in [1.29, 1.82) is 0 Å². The quantitative estimate of drug-likeness (QED) is 0.792. The number of rotatable bonds is 1. The highest BCUT2D eigenvalue weighted by molar-refractivity contribution is 6.43. The number of carbonyl (C=O) groups is 4. The fourth-order valence-corrected chi connectivity index (χ4v) is 3.27. The van der Waals surface area contributed by atoms with Gasteiger partial charge in [-0.2, -0.15) is 0 Å². The fraction of sp³-hybridized carbons (Fsp3) is 0. The Balaban J connectivity index is 1.97. The van der Waals surface area contributed by atoms with Gasteiger partial charge in [-0.3, -0.25) is 24.5 Å². The maximum absolute atomic E-state index is 12.7. The minimum absolute atomic E-state index is 0.0132. The van der Waals surface area contributed by atoms with Crippen LogP contribution in [0.3, 0.4) is 0 Å². The average Bonchev–Trinajstić information content (AvgIpc) is 2.95. The first-order valence-corrected chi connectivity index (χ1v) is 7.52. The summed E-state index contributed by atoms with van der Waals surface area (Å²) in [5.74, 6) is -2.59. The summed E-state index contributed by atoms with van der Waals surface area (Å²) in [6.07, 6.45) is 0. The van der Waals surface area contributed by atoms with E-state index in [4.69, 9.17) is 23.2 Å². The molecule has 0 aromatic heterocycles. The second-order valence-electron chi connectivity index (χ2n) is 5.24. The van der Waals surface area contributed by atoms with E-state index in [1.807, 2.05) is 0 Å². The van der Waals surface area contributed by atoms with E-state index in [0.717, 1.165) is 4.90 Å². The zero-order valence-corrected chi connectivity index (χ0v) is 13.2. The molecule has 24 heavy (non-hydrogen) atoms. The molecule has 0 fully saturated rings. The minimum Gasteiger partial charge on any atom is -0.288 e. The molecule has 0 radical (unpaired) electrons. The van der Waals surface area contributed by atoms with Gasteiger partial charge < -0.3 is 0 Å². The van der Waals surface area contributed by atoms with Crippen LogP contribution in [0.1, 0.15) is 41.4 Å². The number of hydrogen-bond acceptors (Lipinski definition) is 4. The number of hydrogen-bond donors (Lipinski definition) is 1. The zero-order valence-electron chi connectivity index (χ0n) is 11.7. The highest BCUT2D eigenvalue weighted by Crippen LogP contribution is 2.39. The van der Waals surface area contributed by atoms with E-state index >= 15 is 0 Å². The molecule has 0 unspecified atom stereocenters. The van der Waals surface area contributed by atoms with Gasteiger partial charge >= 0.3 is 0 Å². The molecule has 2 aromatic rings. The molecular weight excluding hydrogens is 355 g/mol. The van der Waals surface area contributed by atoms with Crippen molar-refractivity contribution in [2.75, 3.05) is 4.90 Å². The number of imide groups is 2. The molecule has 8 heteroatoms. The molecule has 0 aliphatic carbocycles. The van der Waals surface area contributed by atoms with Crippen molar-refractivity contribution in [2.45, 2.75) is 0 Å². The lowest BCUT2D eigenvalue weighted by molar-refractivity contribution is 0.0878. The van der Waals surface area contributed by atoms with Crippen molar-refractivity contribution in [1.82, 2.24) is 5.32 Å². The molecule has 0 atom stereocenters. The summed E-state index contributed by atoms with van der Waals surface area (Å²) in [5, 5.41) is 2.44. The van der Waals surface area contributed by atoms with Crippen molar-refractivity contribution in [3.8, 4) is 0 Å². The highest BCUT2D eigenvalue weighted by Gasteiger charge is 2.42. The third kappa shape index (κ3) is 1.84. The summed E-state index contributed by atoms with van der Waals surface area (Å²) < 4.78 is 0. The van der Waals surface area contributed by atoms with Crippen LogP contribution in [-0.4, -0.2) is 23.6 Å². The van der Waals surface area contributed by atoms with Crippen LogP contribution < -0.4 is 10.2 Å². The first kappa shape index (κ1) is 14.9. The normalized spacial score (nSPS) is 15.7. The Hall–Kier alpha value is -2.70. The number of anilines is 1. The number of fused-ring (bicyclic) bond motifs is 2. The van der Waals surface area contributed by atoms with Gasteiger partial charge in [-0.15, -0.1) is 0 Å². The molecule has 118 valence electrons. The lowest BCUT2D eigenvalue weighted by atomic mass is 10.1. The minimum atomic E-state index is -0.706. The van der Waals surface area contributed by atoms with Gasteiger partial charge in [0.1, 0.15) is 0 Å². The van der Waals surface area contributed by atoms with E-state index in [9.17, 15) is 19.2 Å². The van der Waals surface area contributed by atoms with Crippen LogP contribution in [-0.2, 0) is 0 Å². The molecule has 0 spiro atoms. The topological polar surface area (TPSA) is 83.6 Å². The molecule has 4 amide bonds. The van der Waals surface area contributed by atoms with Crippen molar-refractivity contribution in [2.24, 2.45) is 0 Å². The smallest absolute Gasteiger partial charge is 0.266 e. The van der Waals surface area contributed by atoms with E-state index < -0.39 is 23.6 Å². The third-order valence-electron chi connectivity index (χ3n) is 3.90. The van der Waals surface area contributed by atoms with Crippen molar-refractivity contribution < 1.29 is 19.2 Å². The summed E-state index contributed by atoms with van der Waals surface area (Å²) in [6, 6.07) is 7.03. The first-order chi connectivity index (χ1) is 11.4. The number of halogens is 2. The molecule has 4 rings (SSSR count). The molecule has 0 saturated heterocycles. The van der Waals surface area contributed by atoms with E-state index in [2.05, 4.69) is 5.32 Å². The van der Waals surface area contributed by atoms with Gasteiger partial charge in [0.25, 0.3) is 23.6 Å². The lowest BCUT2D eigenvalue weighted by Crippen LogP contribution is -2.31. The van der Waals surface area contributed by atoms with Crippen molar-refractivity contribution in [3.05, 3.63) is 62.6 Å². The lowest BCUT2D eigenvalue weighted by Gasteiger charge is -2.18. The summed E-state index contributed by atoms with van der Waals surface area (Å²) >= 11 is 12.0. The Labute approximate surface area is 144 Å². The van der Waals surface area contributed by atoms with Gasteiger partial charge in [0.2, 0.25) is 0 Å². The predicted octanol–water partition coefficient (Wildman–Crippen LogP) is 2.68. The molecule has 2 aromatic carbocycles. The Kier molecular flexibility index (Phi) is 3.03. The molecular formula is C16H6Cl2N2O4. The number of amides is 4. The summed E-state index contributed by atoms with van der Waals surface area (Å²) in [6.45, 7) is 0. The number of nitrogens with one attached hydrogen (secondary N) is 1. The van der Waals surface area contributed by atoms with Crippen LogP contribution in [0.15, 0.2) is 30.3 Å². The molecule has 2 heterocycles. The average molecular weight is 361 g/mol. The molecule has 2 aliphatic heterocycles. The van der Waals surface area contributed by atoms with Crippen molar-refractivity contribution in [3.63, 3.8) is 0 Å². The van der Waals surface area contributed by atoms with Gasteiger partial charge in [-0.05, 0) is 30.3 Å². The van der Waals surface area contributed by atoms with E-state index in [1.54, 1.807) is 0 Å². The predicted molar refractivity (Wildman–Crippen MR) is 85.8 cm³/mol. The summed E-state index contributed by atoms with van der Waals surface area (Å²) in [4.78, 5) is 50.0. The Bertz CT molecular complexity index is 1000. The van der Waals surface area contributed by atoms with Crippen LogP contribution in [0.25, 0.3) is 0 Å². The van der Waals surface area contributed by atoms with Crippen LogP contribution >= 0.6 is 23.2 Å². The zero-order chi connectivity index (χ0) is 17.2. The number of nitrogens with zero attached hydrogens (tertiary/aromatic N) is 1. The van der Waals surface area contributed by atoms with Gasteiger partial charge in [-0.25, -0.2) is 4.90 Å². The van der Waals surface area contributed by atoms with Gasteiger partial charge in [0.15, 0.2) is 0 Å². The second-order valence-corrected chi connectivity index (χ2v) is 6.08. The Morgan fingerprint density at radius 1 is 0.792 bits per heavy atom. The standard InChI is InChI=1S/C16H6Cl2N2O4/c17-6-1-2-7-9(5-6)16(24)20(15(7)23)12-10(18)4-3-8-11(12)14(22)19-13(8)21/h1-5H,(H,19,21,22). The molecule has 6 nitrogen and oxygen atoms in total. The van der Waals surface area contributed by atoms with E-state index in [0.29, 0.717) is 5.02 Å². The summed E-state index contributed by atoms with van der Waals surface area (Å²) in [5.41, 5.74) is 0.149. The Morgan fingerprint density at radius 2 is 1.46 bits per heavy atom. The molecule has 0 bridgehead atoms. The second kappa shape index (κ2) is 4.90. The maximum atomic E-state index is 12.7. The third-order valence-corrected chi connectivity index (χ3v) is 4.44. The van der Waals surface area contributed by atoms with Gasteiger partial charge in [0.05, 0.1) is 33.0 Å². The monoisotopic (exact) mass is 360 g/mol. The first-order valence-electron chi connectivity index (χ1n) is 6.76. The fourth-order valence-electron chi connectivity index (χ4n) is 2.85. The molecule has 0 saturated carbocycles. The van der Waals surface area contributed by atoms with Gasteiger partial charge in [-0.1, -0.05) is 23.2 Å².